The molecular weight excluding hydrogens is 263 g/mol. The average molecular weight is 294 g/mol. The van der Waals surface area contributed by atoms with Crippen molar-refractivity contribution in [2.45, 2.75) is 83.9 Å². The lowest BCUT2D eigenvalue weighted by molar-refractivity contribution is -0.207. The number of halogens is 1. The molecule has 120 valence electrons. The van der Waals surface area contributed by atoms with Crippen LogP contribution in [0.2, 0.25) is 0 Å². The summed E-state index contributed by atoms with van der Waals surface area (Å²) >= 11 is 0. The van der Waals surface area contributed by atoms with Crippen molar-refractivity contribution < 1.29 is 9.50 Å². The number of aliphatic hydroxyl groups is 1. The monoisotopic (exact) mass is 294 g/mol. The number of fused-ring (bicyclic) bond motifs is 5. The van der Waals surface area contributed by atoms with Crippen LogP contribution in [0.25, 0.3) is 0 Å². The third-order valence-corrected chi connectivity index (χ3v) is 8.63. The lowest BCUT2D eigenvalue weighted by atomic mass is 9.45. The Morgan fingerprint density at radius 1 is 0.857 bits per heavy atom. The van der Waals surface area contributed by atoms with Gasteiger partial charge in [-0.1, -0.05) is 26.7 Å². The van der Waals surface area contributed by atoms with Crippen molar-refractivity contribution in [3.05, 3.63) is 0 Å². The molecule has 4 aliphatic carbocycles. The summed E-state index contributed by atoms with van der Waals surface area (Å²) in [6.45, 7) is 4.59. The summed E-state index contributed by atoms with van der Waals surface area (Å²) in [6.07, 6.45) is 11.6. The van der Waals surface area contributed by atoms with Gasteiger partial charge in [-0.15, -0.1) is 0 Å². The summed E-state index contributed by atoms with van der Waals surface area (Å²) in [6, 6.07) is 0. The van der Waals surface area contributed by atoms with Crippen LogP contribution in [0.5, 0.6) is 0 Å². The van der Waals surface area contributed by atoms with E-state index in [1.54, 1.807) is 0 Å². The minimum atomic E-state index is -1.91. The first-order valence-electron chi connectivity index (χ1n) is 9.30. The fourth-order valence-corrected chi connectivity index (χ4v) is 7.26. The highest BCUT2D eigenvalue weighted by Crippen LogP contribution is 2.68. The summed E-state index contributed by atoms with van der Waals surface area (Å²) in [5, 5.41) is 10.3. The van der Waals surface area contributed by atoms with Gasteiger partial charge in [0.25, 0.3) is 0 Å². The Morgan fingerprint density at radius 3 is 2.43 bits per heavy atom. The molecule has 0 spiro atoms. The van der Waals surface area contributed by atoms with Crippen molar-refractivity contribution in [1.29, 1.82) is 0 Å². The van der Waals surface area contributed by atoms with Crippen molar-refractivity contribution >= 4 is 0 Å². The molecule has 0 aromatic carbocycles. The summed E-state index contributed by atoms with van der Waals surface area (Å²) in [4.78, 5) is 0. The largest absolute Gasteiger partial charge is 0.361 e. The van der Waals surface area contributed by atoms with Crippen molar-refractivity contribution in [3.8, 4) is 0 Å². The molecule has 4 saturated carbocycles. The van der Waals surface area contributed by atoms with Gasteiger partial charge in [-0.2, -0.15) is 0 Å². The van der Waals surface area contributed by atoms with Gasteiger partial charge >= 0.3 is 0 Å². The Labute approximate surface area is 128 Å². The lowest BCUT2D eigenvalue weighted by Gasteiger charge is -2.60. The molecule has 0 saturated heterocycles. The molecule has 4 rings (SSSR count). The van der Waals surface area contributed by atoms with Gasteiger partial charge in [0.05, 0.1) is 0 Å². The SMILES string of the molecule is C[C@]12CCCCC1CC[C@@H]1[C@H]2CC[C@@]2(C)[C@H]1CCC2(O)F. The minimum Gasteiger partial charge on any atom is -0.361 e. The smallest absolute Gasteiger partial charge is 0.212 e. The number of hydrogen-bond acceptors (Lipinski definition) is 1. The molecule has 2 unspecified atom stereocenters. The predicted molar refractivity (Wildman–Crippen MR) is 82.4 cm³/mol. The van der Waals surface area contributed by atoms with E-state index >= 15 is 0 Å². The third kappa shape index (κ3) is 1.77. The molecule has 0 aliphatic heterocycles. The molecule has 4 fully saturated rings. The minimum absolute atomic E-state index is 0.373. The van der Waals surface area contributed by atoms with Crippen LogP contribution in [-0.2, 0) is 0 Å². The standard InChI is InChI=1S/C19H31FO/c1-17-10-4-3-5-13(17)6-7-14-15(17)8-11-18(2)16(14)9-12-19(18,20)21/h13-16,21H,3-12H2,1-2H3/t13?,14-,15-,16+,17+,18+,19?/m1/s1. The zero-order valence-corrected chi connectivity index (χ0v) is 13.7. The first kappa shape index (κ1) is 14.5. The maximum absolute atomic E-state index is 14.7. The van der Waals surface area contributed by atoms with Crippen molar-refractivity contribution in [2.24, 2.45) is 34.5 Å². The zero-order valence-electron chi connectivity index (χ0n) is 13.7. The van der Waals surface area contributed by atoms with Gasteiger partial charge in [-0.25, -0.2) is 4.39 Å². The van der Waals surface area contributed by atoms with Crippen LogP contribution in [-0.4, -0.2) is 11.0 Å². The van der Waals surface area contributed by atoms with Crippen LogP contribution in [0.15, 0.2) is 0 Å². The van der Waals surface area contributed by atoms with Gasteiger partial charge in [0.1, 0.15) is 0 Å². The van der Waals surface area contributed by atoms with Crippen LogP contribution in [0.3, 0.4) is 0 Å². The van der Waals surface area contributed by atoms with E-state index in [2.05, 4.69) is 6.92 Å². The fourth-order valence-electron chi connectivity index (χ4n) is 7.26. The summed E-state index contributed by atoms with van der Waals surface area (Å²) in [7, 11) is 0. The topological polar surface area (TPSA) is 20.2 Å². The van der Waals surface area contributed by atoms with Gasteiger partial charge in [0, 0.05) is 11.8 Å². The molecule has 0 bridgehead atoms. The molecule has 2 heteroatoms. The van der Waals surface area contributed by atoms with Crippen molar-refractivity contribution in [2.75, 3.05) is 0 Å². The number of rotatable bonds is 0. The molecule has 21 heavy (non-hydrogen) atoms. The molecule has 7 atom stereocenters. The zero-order chi connectivity index (χ0) is 14.9. The average Bonchev–Trinajstić information content (AvgIpc) is 2.69. The van der Waals surface area contributed by atoms with E-state index in [0.717, 1.165) is 31.1 Å². The predicted octanol–water partition coefficient (Wildman–Crippen LogP) is 5.08. The molecule has 4 aliphatic rings. The Kier molecular flexibility index (Phi) is 3.08. The molecule has 1 nitrogen and oxygen atoms in total. The molecular formula is C19H31FO. The normalized spacial score (nSPS) is 60.0. The summed E-state index contributed by atoms with van der Waals surface area (Å²) in [5.74, 6) is 0.900. The second-order valence-electron chi connectivity index (χ2n) is 9.16. The second kappa shape index (κ2) is 4.46. The Morgan fingerprint density at radius 2 is 1.62 bits per heavy atom. The Bertz CT molecular complexity index is 433. The summed E-state index contributed by atoms with van der Waals surface area (Å²) < 4.78 is 14.7. The second-order valence-corrected chi connectivity index (χ2v) is 9.16. The van der Waals surface area contributed by atoms with Crippen LogP contribution >= 0.6 is 0 Å². The number of alkyl halides is 1. The van der Waals surface area contributed by atoms with Crippen molar-refractivity contribution in [1.82, 2.24) is 0 Å². The van der Waals surface area contributed by atoms with Gasteiger partial charge in [0.2, 0.25) is 5.85 Å². The maximum atomic E-state index is 14.7. The van der Waals surface area contributed by atoms with Crippen LogP contribution in [0.1, 0.15) is 78.1 Å². The molecule has 0 aromatic heterocycles. The van der Waals surface area contributed by atoms with E-state index in [9.17, 15) is 9.50 Å². The van der Waals surface area contributed by atoms with Crippen molar-refractivity contribution in [3.63, 3.8) is 0 Å². The van der Waals surface area contributed by atoms with E-state index in [0.29, 0.717) is 23.7 Å². The van der Waals surface area contributed by atoms with Crippen LogP contribution in [0, 0.1) is 34.5 Å². The third-order valence-electron chi connectivity index (χ3n) is 8.63. The van der Waals surface area contributed by atoms with Gasteiger partial charge in [0.15, 0.2) is 0 Å². The molecule has 0 radical (unpaired) electrons. The van der Waals surface area contributed by atoms with Gasteiger partial charge < -0.3 is 5.11 Å². The highest BCUT2D eigenvalue weighted by atomic mass is 19.2. The molecule has 0 heterocycles. The Hall–Kier alpha value is -0.110. The number of hydrogen-bond donors (Lipinski definition) is 1. The quantitative estimate of drug-likeness (QED) is 0.660. The first-order chi connectivity index (χ1) is 9.88. The highest BCUT2D eigenvalue weighted by molar-refractivity contribution is 5.10. The van der Waals surface area contributed by atoms with E-state index in [4.69, 9.17) is 0 Å². The van der Waals surface area contributed by atoms with Crippen LogP contribution < -0.4 is 0 Å². The maximum Gasteiger partial charge on any atom is 0.212 e. The summed E-state index contributed by atoms with van der Waals surface area (Å²) in [5.41, 5.74) is 0.0472. The van der Waals surface area contributed by atoms with E-state index in [1.807, 2.05) is 6.92 Å². The fraction of sp³-hybridized carbons (Fsp3) is 1.00. The van der Waals surface area contributed by atoms with E-state index in [1.165, 1.54) is 38.5 Å². The molecule has 0 amide bonds. The van der Waals surface area contributed by atoms with Gasteiger partial charge in [-0.05, 0) is 74.0 Å². The van der Waals surface area contributed by atoms with Crippen LogP contribution in [0.4, 0.5) is 4.39 Å². The van der Waals surface area contributed by atoms with E-state index < -0.39 is 11.3 Å². The van der Waals surface area contributed by atoms with E-state index in [-0.39, 0.29) is 0 Å². The highest BCUT2D eigenvalue weighted by Gasteiger charge is 2.65. The molecule has 0 aromatic rings. The Balaban J connectivity index is 1.66. The van der Waals surface area contributed by atoms with Gasteiger partial charge in [-0.3, -0.25) is 0 Å². The molecule has 1 N–H and O–H groups in total. The first-order valence-corrected chi connectivity index (χ1v) is 9.30. The lowest BCUT2D eigenvalue weighted by Crippen LogP contribution is -2.55.